The van der Waals surface area contributed by atoms with Crippen molar-refractivity contribution in [3.8, 4) is 11.5 Å². The van der Waals surface area contributed by atoms with E-state index in [4.69, 9.17) is 13.5 Å². The molecule has 9 nitrogen and oxygen atoms in total. The Kier molecular flexibility index (Phi) is 4.40. The van der Waals surface area contributed by atoms with Crippen molar-refractivity contribution in [3.05, 3.63) is 34.4 Å². The van der Waals surface area contributed by atoms with Crippen molar-refractivity contribution in [1.29, 1.82) is 0 Å². The highest BCUT2D eigenvalue weighted by molar-refractivity contribution is 7.62. The summed E-state index contributed by atoms with van der Waals surface area (Å²) in [4.78, 5) is 16.3. The molecule has 0 saturated carbocycles. The molecule has 24 heavy (non-hydrogen) atoms. The van der Waals surface area contributed by atoms with E-state index in [2.05, 4.69) is 4.98 Å². The number of non-ortho nitro benzene ring substituents is 1. The van der Waals surface area contributed by atoms with E-state index in [0.29, 0.717) is 18.0 Å². The molecule has 0 saturated heterocycles. The predicted octanol–water partition coefficient (Wildman–Crippen LogP) is 2.57. The average Bonchev–Trinajstić information content (AvgIpc) is 2.97. The number of nitrogens with zero attached hydrogens (tertiary/aromatic N) is 3. The van der Waals surface area contributed by atoms with E-state index in [0.717, 1.165) is 0 Å². The first-order valence-corrected chi connectivity index (χ1v) is 8.85. The molecular weight excluding hydrogens is 337 g/mol. The maximum Gasteiger partial charge on any atom is 0.385 e. The molecule has 0 amide bonds. The zero-order valence-electron chi connectivity index (χ0n) is 13.2. The monoisotopic (exact) mass is 353 g/mol. The van der Waals surface area contributed by atoms with Gasteiger partial charge in [0.25, 0.3) is 5.69 Å². The van der Waals surface area contributed by atoms with Gasteiger partial charge >= 0.3 is 7.60 Å². The first-order chi connectivity index (χ1) is 11.4. The third-order valence-electron chi connectivity index (χ3n) is 3.51. The topological polar surface area (TPSA) is 108 Å². The number of hydrogen-bond donors (Lipinski definition) is 0. The number of fused-ring (bicyclic) bond motifs is 1. The Morgan fingerprint density at radius 1 is 1.42 bits per heavy atom. The van der Waals surface area contributed by atoms with Gasteiger partial charge in [-0.25, -0.2) is 0 Å². The van der Waals surface area contributed by atoms with Crippen LogP contribution < -0.4 is 10.3 Å². The van der Waals surface area contributed by atoms with E-state index < -0.39 is 12.5 Å². The Morgan fingerprint density at radius 2 is 2.12 bits per heavy atom. The molecule has 0 bridgehead atoms. The van der Waals surface area contributed by atoms with E-state index in [9.17, 15) is 14.7 Å². The molecule has 1 aliphatic rings. The maximum atomic E-state index is 12.9. The highest BCUT2D eigenvalue weighted by atomic mass is 31.2. The highest BCUT2D eigenvalue weighted by Gasteiger charge is 2.39. The van der Waals surface area contributed by atoms with Gasteiger partial charge in [0.15, 0.2) is 0 Å². The predicted molar refractivity (Wildman–Crippen MR) is 86.7 cm³/mol. The minimum Gasteiger partial charge on any atom is -0.419 e. The molecule has 10 heteroatoms. The SMILES string of the molecule is CCOP1(=O)OCCN(C)c2oc(-c3ccc([N+](=O)[O-])cc3)nc21. The van der Waals surface area contributed by atoms with Crippen molar-refractivity contribution in [2.75, 3.05) is 31.7 Å². The fourth-order valence-corrected chi connectivity index (χ4v) is 3.95. The molecule has 0 N–H and O–H groups in total. The summed E-state index contributed by atoms with van der Waals surface area (Å²) >= 11 is 0. The van der Waals surface area contributed by atoms with Crippen molar-refractivity contribution in [2.45, 2.75) is 6.92 Å². The third kappa shape index (κ3) is 2.93. The van der Waals surface area contributed by atoms with E-state index >= 15 is 0 Å². The molecule has 1 unspecified atom stereocenters. The summed E-state index contributed by atoms with van der Waals surface area (Å²) in [7, 11) is -1.79. The number of likely N-dealkylation sites (N-methyl/N-ethyl adjacent to an activating group) is 1. The van der Waals surface area contributed by atoms with Crippen LogP contribution in [0.5, 0.6) is 0 Å². The van der Waals surface area contributed by atoms with Gasteiger partial charge < -0.3 is 18.4 Å². The van der Waals surface area contributed by atoms with Crippen LogP contribution in [0.3, 0.4) is 0 Å². The van der Waals surface area contributed by atoms with Crippen LogP contribution in [-0.4, -0.2) is 36.7 Å². The van der Waals surface area contributed by atoms with Gasteiger partial charge in [0.1, 0.15) is 0 Å². The van der Waals surface area contributed by atoms with Crippen LogP contribution in [0.2, 0.25) is 0 Å². The summed E-state index contributed by atoms with van der Waals surface area (Å²) in [6, 6.07) is 5.76. The number of anilines is 1. The molecule has 1 aliphatic heterocycles. The second-order valence-electron chi connectivity index (χ2n) is 5.12. The summed E-state index contributed by atoms with van der Waals surface area (Å²) < 4.78 is 29.4. The van der Waals surface area contributed by atoms with Gasteiger partial charge in [-0.15, -0.1) is 0 Å². The number of benzene rings is 1. The molecule has 2 aromatic rings. The fraction of sp³-hybridized carbons (Fsp3) is 0.357. The van der Waals surface area contributed by atoms with Gasteiger partial charge in [0, 0.05) is 31.3 Å². The van der Waals surface area contributed by atoms with Crippen molar-refractivity contribution in [2.24, 2.45) is 0 Å². The number of oxazole rings is 1. The average molecular weight is 353 g/mol. The molecule has 1 aromatic heterocycles. The molecule has 2 heterocycles. The molecule has 0 spiro atoms. The van der Waals surface area contributed by atoms with E-state index in [1.807, 2.05) is 0 Å². The van der Waals surface area contributed by atoms with E-state index in [1.54, 1.807) is 18.9 Å². The van der Waals surface area contributed by atoms with Gasteiger partial charge in [0.2, 0.25) is 17.2 Å². The quantitative estimate of drug-likeness (QED) is 0.469. The van der Waals surface area contributed by atoms with Crippen LogP contribution in [0.25, 0.3) is 11.5 Å². The van der Waals surface area contributed by atoms with Crippen LogP contribution in [0, 0.1) is 10.1 Å². The van der Waals surface area contributed by atoms with Crippen molar-refractivity contribution < 1.29 is 23.0 Å². The molecule has 0 aliphatic carbocycles. The lowest BCUT2D eigenvalue weighted by molar-refractivity contribution is -0.384. The van der Waals surface area contributed by atoms with Crippen LogP contribution in [0.15, 0.2) is 28.7 Å². The Balaban J connectivity index is 2.05. The molecule has 128 valence electrons. The second kappa shape index (κ2) is 6.35. The van der Waals surface area contributed by atoms with Gasteiger partial charge in [0.05, 0.1) is 18.1 Å². The van der Waals surface area contributed by atoms with Crippen molar-refractivity contribution >= 4 is 24.6 Å². The summed E-state index contributed by atoms with van der Waals surface area (Å²) in [6.45, 7) is 2.63. The van der Waals surface area contributed by atoms with Crippen LogP contribution in [0.1, 0.15) is 6.92 Å². The van der Waals surface area contributed by atoms with Crippen LogP contribution in [-0.2, 0) is 13.6 Å². The lowest BCUT2D eigenvalue weighted by atomic mass is 10.2. The van der Waals surface area contributed by atoms with Crippen molar-refractivity contribution in [3.63, 3.8) is 0 Å². The van der Waals surface area contributed by atoms with Gasteiger partial charge in [-0.2, -0.15) is 4.98 Å². The molecular formula is C14H16N3O6P. The minimum atomic E-state index is -3.56. The number of aromatic nitrogens is 1. The Morgan fingerprint density at radius 3 is 2.75 bits per heavy atom. The minimum absolute atomic E-state index is 0.0349. The number of rotatable bonds is 4. The molecule has 1 atom stereocenters. The molecule has 3 rings (SSSR count). The third-order valence-corrected chi connectivity index (χ3v) is 5.44. The molecule has 0 radical (unpaired) electrons. The molecule has 0 fully saturated rings. The first kappa shape index (κ1) is 16.6. The number of nitro groups is 1. The molecule has 1 aromatic carbocycles. The lowest BCUT2D eigenvalue weighted by Crippen LogP contribution is -2.22. The lowest BCUT2D eigenvalue weighted by Gasteiger charge is -2.12. The maximum absolute atomic E-state index is 12.9. The number of hydrogen-bond acceptors (Lipinski definition) is 8. The van der Waals surface area contributed by atoms with Crippen LogP contribution in [0.4, 0.5) is 11.6 Å². The number of nitro benzene ring substituents is 1. The van der Waals surface area contributed by atoms with Crippen molar-refractivity contribution in [1.82, 2.24) is 4.98 Å². The Hall–Kier alpha value is -2.22. The Bertz CT molecular complexity index is 803. The van der Waals surface area contributed by atoms with Crippen LogP contribution >= 0.6 is 7.60 Å². The summed E-state index contributed by atoms with van der Waals surface area (Å²) in [5, 5.41) is 10.7. The highest BCUT2D eigenvalue weighted by Crippen LogP contribution is 2.50. The van der Waals surface area contributed by atoms with Gasteiger partial charge in [-0.05, 0) is 19.1 Å². The van der Waals surface area contributed by atoms with Gasteiger partial charge in [-0.3, -0.25) is 14.7 Å². The smallest absolute Gasteiger partial charge is 0.385 e. The summed E-state index contributed by atoms with van der Waals surface area (Å²) in [5.41, 5.74) is 0.620. The second-order valence-corrected chi connectivity index (χ2v) is 7.06. The zero-order valence-corrected chi connectivity index (χ0v) is 14.1. The van der Waals surface area contributed by atoms with Gasteiger partial charge in [-0.1, -0.05) is 0 Å². The Labute approximate surface area is 137 Å². The van der Waals surface area contributed by atoms with E-state index in [-0.39, 0.29) is 30.2 Å². The fourth-order valence-electron chi connectivity index (χ4n) is 2.31. The largest absolute Gasteiger partial charge is 0.419 e. The normalized spacial score (nSPS) is 20.5. The van der Waals surface area contributed by atoms with E-state index in [1.165, 1.54) is 24.3 Å². The summed E-state index contributed by atoms with van der Waals surface area (Å²) in [5.74, 6) is 0.518. The summed E-state index contributed by atoms with van der Waals surface area (Å²) in [6.07, 6.45) is 0. The zero-order chi connectivity index (χ0) is 17.3. The first-order valence-electron chi connectivity index (χ1n) is 7.31. The standard InChI is InChI=1S/C14H16N3O6P/c1-3-21-24(20)13-14(16(2)8-9-22-24)23-12(15-13)10-4-6-11(7-5-10)17(18)19/h4-7H,3,8-9H2,1-2H3.